The van der Waals surface area contributed by atoms with E-state index in [0.29, 0.717) is 0 Å². The molecule has 42 valence electrons. The van der Waals surface area contributed by atoms with Gasteiger partial charge in [-0.3, -0.25) is 0 Å². The third-order valence-corrected chi connectivity index (χ3v) is 4.98. The Balaban J connectivity index is 2.76. The van der Waals surface area contributed by atoms with Crippen molar-refractivity contribution in [2.45, 2.75) is 12.8 Å². The van der Waals surface area contributed by atoms with Crippen LogP contribution < -0.4 is 0 Å². The Labute approximate surface area is 54.1 Å². The molecule has 0 amide bonds. The molecule has 0 nitrogen and oxygen atoms in total. The Morgan fingerprint density at radius 3 is 1.57 bits per heavy atom. The molecular formula is C4H8S3. The Bertz CT molecular complexity index is 130. The molecule has 0 unspecified atom stereocenters. The zero-order chi connectivity index (χ0) is 5.33. The lowest BCUT2D eigenvalue weighted by Gasteiger charge is -1.91. The first-order chi connectivity index (χ1) is 3.21. The average Bonchev–Trinajstić information content (AvgIpc) is 1.84. The molecule has 1 heterocycles. The minimum absolute atomic E-state index is 0.880. The second kappa shape index (κ2) is 1.96. The summed E-state index contributed by atoms with van der Waals surface area (Å²) in [6.07, 6.45) is 2.59. The van der Waals surface area contributed by atoms with Crippen LogP contribution in [0.5, 0.6) is 0 Å². The van der Waals surface area contributed by atoms with E-state index < -0.39 is 7.15 Å². The van der Waals surface area contributed by atoms with Gasteiger partial charge in [-0.25, -0.2) is 0 Å². The maximum atomic E-state index is 5.11. The first kappa shape index (κ1) is 5.92. The summed E-state index contributed by atoms with van der Waals surface area (Å²) in [7, 11) is -0.880. The summed E-state index contributed by atoms with van der Waals surface area (Å²) < 4.78 is 0. The highest BCUT2D eigenvalue weighted by molar-refractivity contribution is 8.56. The highest BCUT2D eigenvalue weighted by Crippen LogP contribution is 2.09. The third kappa shape index (κ3) is 1.63. The van der Waals surface area contributed by atoms with E-state index in [1.54, 1.807) is 0 Å². The van der Waals surface area contributed by atoms with Gasteiger partial charge in [0.1, 0.15) is 0 Å². The molecule has 1 fully saturated rings. The van der Waals surface area contributed by atoms with Gasteiger partial charge in [-0.2, -0.15) is 0 Å². The van der Waals surface area contributed by atoms with Crippen molar-refractivity contribution < 1.29 is 0 Å². The van der Waals surface area contributed by atoms with Gasteiger partial charge in [-0.1, -0.05) is 7.15 Å². The molecule has 1 saturated heterocycles. The van der Waals surface area contributed by atoms with Crippen molar-refractivity contribution in [1.82, 2.24) is 0 Å². The van der Waals surface area contributed by atoms with Crippen molar-refractivity contribution in [3.63, 3.8) is 0 Å². The van der Waals surface area contributed by atoms with Crippen LogP contribution in [0.1, 0.15) is 12.8 Å². The molecular weight excluding hydrogens is 144 g/mol. The van der Waals surface area contributed by atoms with Crippen molar-refractivity contribution in [3.8, 4) is 0 Å². The summed E-state index contributed by atoms with van der Waals surface area (Å²) in [6, 6.07) is 0. The SMILES string of the molecule is S=S1(=S)CCCC1. The van der Waals surface area contributed by atoms with Crippen LogP contribution in [0, 0.1) is 0 Å². The van der Waals surface area contributed by atoms with Crippen LogP contribution in [-0.2, 0) is 29.5 Å². The van der Waals surface area contributed by atoms with E-state index in [0.717, 1.165) is 11.5 Å². The summed E-state index contributed by atoms with van der Waals surface area (Å²) in [5.74, 6) is 2.33. The summed E-state index contributed by atoms with van der Waals surface area (Å²) in [5, 5.41) is 0. The fourth-order valence-electron chi connectivity index (χ4n) is 0.746. The van der Waals surface area contributed by atoms with E-state index in [-0.39, 0.29) is 0 Å². The second-order valence-corrected chi connectivity index (χ2v) is 8.62. The second-order valence-electron chi connectivity index (χ2n) is 1.86. The van der Waals surface area contributed by atoms with E-state index in [4.69, 9.17) is 22.4 Å². The molecule has 0 aromatic heterocycles. The first-order valence-corrected chi connectivity index (χ1v) is 6.23. The Morgan fingerprint density at radius 1 is 1.00 bits per heavy atom. The predicted molar refractivity (Wildman–Crippen MR) is 41.1 cm³/mol. The van der Waals surface area contributed by atoms with Crippen molar-refractivity contribution in [3.05, 3.63) is 0 Å². The van der Waals surface area contributed by atoms with Crippen molar-refractivity contribution in [2.24, 2.45) is 0 Å². The van der Waals surface area contributed by atoms with Gasteiger partial charge in [0.15, 0.2) is 0 Å². The standard InChI is InChI=1S/C4H8S3/c5-7(6)3-1-2-4-7/h1-4H2. The zero-order valence-corrected chi connectivity index (χ0v) is 6.50. The quantitative estimate of drug-likeness (QED) is 0.505. The molecule has 0 spiro atoms. The van der Waals surface area contributed by atoms with Gasteiger partial charge >= 0.3 is 0 Å². The van der Waals surface area contributed by atoms with Crippen LogP contribution in [-0.4, -0.2) is 11.5 Å². The molecule has 1 aliphatic heterocycles. The van der Waals surface area contributed by atoms with Gasteiger partial charge < -0.3 is 0 Å². The topological polar surface area (TPSA) is 0 Å². The molecule has 0 aromatic rings. The molecule has 0 atom stereocenters. The number of hydrogen-bond acceptors (Lipinski definition) is 2. The lowest BCUT2D eigenvalue weighted by atomic mass is 10.4. The molecule has 0 bridgehead atoms. The van der Waals surface area contributed by atoms with Gasteiger partial charge in [0.2, 0.25) is 0 Å². The van der Waals surface area contributed by atoms with Crippen molar-refractivity contribution >= 4 is 29.5 Å². The van der Waals surface area contributed by atoms with Gasteiger partial charge in [-0.15, -0.1) is 0 Å². The number of rotatable bonds is 0. The highest BCUT2D eigenvalue weighted by Gasteiger charge is 2.08. The zero-order valence-electron chi connectivity index (χ0n) is 4.05. The molecule has 1 rings (SSSR count). The minimum atomic E-state index is -0.880. The van der Waals surface area contributed by atoms with Gasteiger partial charge in [0, 0.05) is 11.5 Å². The highest BCUT2D eigenvalue weighted by atomic mass is 33.1. The average molecular weight is 152 g/mol. The first-order valence-electron chi connectivity index (χ1n) is 2.41. The predicted octanol–water partition coefficient (Wildman–Crippen LogP) is 0.858. The van der Waals surface area contributed by atoms with E-state index in [9.17, 15) is 0 Å². The Hall–Kier alpha value is 0.790. The maximum Gasteiger partial charge on any atom is 0.00211 e. The molecule has 0 saturated carbocycles. The Morgan fingerprint density at radius 2 is 1.43 bits per heavy atom. The van der Waals surface area contributed by atoms with E-state index in [1.165, 1.54) is 12.8 Å². The molecule has 0 N–H and O–H groups in total. The maximum absolute atomic E-state index is 5.11. The Kier molecular flexibility index (Phi) is 1.65. The minimum Gasteiger partial charge on any atom is -0.0894 e. The van der Waals surface area contributed by atoms with Crippen LogP contribution in [0.4, 0.5) is 0 Å². The molecule has 0 radical (unpaired) electrons. The molecule has 7 heavy (non-hydrogen) atoms. The summed E-state index contributed by atoms with van der Waals surface area (Å²) >= 11 is 10.2. The molecule has 3 heteroatoms. The molecule has 0 aliphatic carbocycles. The normalized spacial score (nSPS) is 28.0. The molecule has 1 aliphatic rings. The van der Waals surface area contributed by atoms with Gasteiger partial charge in [0.05, 0.1) is 0 Å². The van der Waals surface area contributed by atoms with Crippen LogP contribution in [0.2, 0.25) is 0 Å². The summed E-state index contributed by atoms with van der Waals surface area (Å²) in [5.41, 5.74) is 0. The largest absolute Gasteiger partial charge is 0.0894 e. The van der Waals surface area contributed by atoms with Crippen LogP contribution in [0.3, 0.4) is 0 Å². The summed E-state index contributed by atoms with van der Waals surface area (Å²) in [4.78, 5) is 0. The van der Waals surface area contributed by atoms with Crippen molar-refractivity contribution in [2.75, 3.05) is 11.5 Å². The van der Waals surface area contributed by atoms with Crippen LogP contribution in [0.15, 0.2) is 0 Å². The fourth-order valence-corrected chi connectivity index (χ4v) is 3.65. The smallest absolute Gasteiger partial charge is 0.00211 e. The lowest BCUT2D eigenvalue weighted by Crippen LogP contribution is -1.94. The van der Waals surface area contributed by atoms with Crippen LogP contribution in [0.25, 0.3) is 0 Å². The third-order valence-electron chi connectivity index (χ3n) is 1.16. The lowest BCUT2D eigenvalue weighted by molar-refractivity contribution is 0.949. The number of hydrogen-bond donors (Lipinski definition) is 0. The monoisotopic (exact) mass is 152 g/mol. The summed E-state index contributed by atoms with van der Waals surface area (Å²) in [6.45, 7) is 0. The molecule has 0 aromatic carbocycles. The van der Waals surface area contributed by atoms with E-state index in [2.05, 4.69) is 0 Å². The van der Waals surface area contributed by atoms with Gasteiger partial charge in [0.25, 0.3) is 0 Å². The van der Waals surface area contributed by atoms with Crippen LogP contribution >= 0.6 is 0 Å². The van der Waals surface area contributed by atoms with Crippen molar-refractivity contribution in [1.29, 1.82) is 0 Å². The van der Waals surface area contributed by atoms with Gasteiger partial charge in [-0.05, 0) is 35.2 Å². The van der Waals surface area contributed by atoms with E-state index in [1.807, 2.05) is 0 Å². The fraction of sp³-hybridized carbons (Fsp3) is 1.00. The van der Waals surface area contributed by atoms with E-state index >= 15 is 0 Å².